The molecule has 1 aliphatic rings. The van der Waals surface area contributed by atoms with Crippen LogP contribution in [0.4, 0.5) is 11.5 Å². The highest BCUT2D eigenvalue weighted by Gasteiger charge is 2.31. The molecule has 8 heteroatoms. The van der Waals surface area contributed by atoms with Crippen LogP contribution in [0.1, 0.15) is 35.7 Å². The lowest BCUT2D eigenvalue weighted by Gasteiger charge is -2.37. The van der Waals surface area contributed by atoms with E-state index in [2.05, 4.69) is 29.4 Å². The fourth-order valence-corrected chi connectivity index (χ4v) is 3.59. The summed E-state index contributed by atoms with van der Waals surface area (Å²) in [5.41, 5.74) is 13.1. The van der Waals surface area contributed by atoms with Crippen LogP contribution in [-0.2, 0) is 0 Å². The first-order chi connectivity index (χ1) is 12.3. The van der Waals surface area contributed by atoms with Gasteiger partial charge in [0.2, 0.25) is 0 Å². The van der Waals surface area contributed by atoms with E-state index in [1.807, 2.05) is 12.1 Å². The van der Waals surface area contributed by atoms with E-state index in [9.17, 15) is 4.79 Å². The number of aromatic nitrogens is 2. The summed E-state index contributed by atoms with van der Waals surface area (Å²) in [6.45, 7) is 0. The standard InChI is InChI=1S/C18H25ClN6O/c1-24(2)13-7-8-16(15(20)9-13)25-10-14(17(21)26)18(23-25)22-12-5-3-11(19)4-6-12/h3-6,10,13,15-16H,7-9,20H2,1-2H3,(H2,21,26)(H,22,23)/t13-,15-,16-/m0/s1. The van der Waals surface area contributed by atoms with Crippen LogP contribution in [0.15, 0.2) is 30.5 Å². The smallest absolute Gasteiger partial charge is 0.254 e. The Balaban J connectivity index is 1.83. The zero-order valence-corrected chi connectivity index (χ0v) is 15.8. The van der Waals surface area contributed by atoms with Crippen LogP contribution in [0.5, 0.6) is 0 Å². The van der Waals surface area contributed by atoms with Crippen LogP contribution >= 0.6 is 11.6 Å². The molecule has 0 spiro atoms. The van der Waals surface area contributed by atoms with Crippen LogP contribution in [0.2, 0.25) is 5.02 Å². The summed E-state index contributed by atoms with van der Waals surface area (Å²) in [6.07, 6.45) is 4.53. The summed E-state index contributed by atoms with van der Waals surface area (Å²) in [6, 6.07) is 7.66. The predicted octanol–water partition coefficient (Wildman–Crippen LogP) is 2.36. The van der Waals surface area contributed by atoms with Gasteiger partial charge in [0.05, 0.1) is 6.04 Å². The molecule has 3 atom stereocenters. The number of hydrogen-bond acceptors (Lipinski definition) is 5. The lowest BCUT2D eigenvalue weighted by atomic mass is 9.87. The normalized spacial score (nSPS) is 23.2. The van der Waals surface area contributed by atoms with E-state index in [1.54, 1.807) is 23.0 Å². The monoisotopic (exact) mass is 376 g/mol. The van der Waals surface area contributed by atoms with Crippen molar-refractivity contribution in [2.45, 2.75) is 37.4 Å². The highest BCUT2D eigenvalue weighted by molar-refractivity contribution is 6.30. The van der Waals surface area contributed by atoms with Crippen molar-refractivity contribution in [3.05, 3.63) is 41.0 Å². The molecular formula is C18H25ClN6O. The number of rotatable bonds is 5. The van der Waals surface area contributed by atoms with Gasteiger partial charge in [-0.3, -0.25) is 9.48 Å². The first-order valence-corrected chi connectivity index (χ1v) is 9.06. The molecule has 0 bridgehead atoms. The Morgan fingerprint density at radius 3 is 2.58 bits per heavy atom. The summed E-state index contributed by atoms with van der Waals surface area (Å²) in [5, 5.41) is 8.35. The van der Waals surface area contributed by atoms with E-state index in [0.29, 0.717) is 22.4 Å². The van der Waals surface area contributed by atoms with Crippen molar-refractivity contribution in [2.24, 2.45) is 11.5 Å². The van der Waals surface area contributed by atoms with Crippen LogP contribution in [0.25, 0.3) is 0 Å². The van der Waals surface area contributed by atoms with Crippen molar-refractivity contribution < 1.29 is 4.79 Å². The minimum absolute atomic E-state index is 0.0276. The quantitative estimate of drug-likeness (QED) is 0.743. The average molecular weight is 377 g/mol. The van der Waals surface area contributed by atoms with E-state index >= 15 is 0 Å². The number of hydrogen-bond donors (Lipinski definition) is 3. The van der Waals surface area contributed by atoms with Gasteiger partial charge in [-0.25, -0.2) is 0 Å². The summed E-state index contributed by atoms with van der Waals surface area (Å²) in [4.78, 5) is 14.1. The number of nitrogens with zero attached hydrogens (tertiary/aromatic N) is 3. The zero-order chi connectivity index (χ0) is 18.8. The summed E-state index contributed by atoms with van der Waals surface area (Å²) >= 11 is 5.91. The summed E-state index contributed by atoms with van der Waals surface area (Å²) < 4.78 is 1.79. The maximum absolute atomic E-state index is 11.9. The van der Waals surface area contributed by atoms with Crippen molar-refractivity contribution in [1.29, 1.82) is 0 Å². The SMILES string of the molecule is CN(C)[C@H]1CC[C@H](n2cc(C(N)=O)c(Nc3ccc(Cl)cc3)n2)[C@@H](N)C1. The Labute approximate surface area is 158 Å². The number of carbonyl (C=O) groups is 1. The van der Waals surface area contributed by atoms with Gasteiger partial charge < -0.3 is 21.7 Å². The molecule has 1 aromatic heterocycles. The number of halogens is 1. The molecule has 26 heavy (non-hydrogen) atoms. The number of nitrogens with two attached hydrogens (primary N) is 2. The van der Waals surface area contributed by atoms with Gasteiger partial charge in [-0.1, -0.05) is 11.6 Å². The van der Waals surface area contributed by atoms with E-state index in [1.165, 1.54) is 0 Å². The number of benzene rings is 1. The molecule has 1 fully saturated rings. The van der Waals surface area contributed by atoms with Gasteiger partial charge in [-0.15, -0.1) is 0 Å². The Morgan fingerprint density at radius 1 is 1.31 bits per heavy atom. The minimum atomic E-state index is -0.525. The molecule has 5 N–H and O–H groups in total. The van der Waals surface area contributed by atoms with E-state index in [4.69, 9.17) is 23.1 Å². The molecule has 0 aliphatic heterocycles. The third-order valence-electron chi connectivity index (χ3n) is 5.01. The molecule has 140 valence electrons. The van der Waals surface area contributed by atoms with E-state index in [-0.39, 0.29) is 12.1 Å². The third-order valence-corrected chi connectivity index (χ3v) is 5.26. The van der Waals surface area contributed by atoms with E-state index < -0.39 is 5.91 Å². The van der Waals surface area contributed by atoms with Gasteiger partial charge in [0.25, 0.3) is 5.91 Å². The molecular weight excluding hydrogens is 352 g/mol. The lowest BCUT2D eigenvalue weighted by Crippen LogP contribution is -2.44. The molecule has 0 unspecified atom stereocenters. The molecule has 0 saturated heterocycles. The Morgan fingerprint density at radius 2 is 2.00 bits per heavy atom. The van der Waals surface area contributed by atoms with Crippen LogP contribution in [-0.4, -0.2) is 46.8 Å². The maximum atomic E-state index is 11.9. The minimum Gasteiger partial charge on any atom is -0.365 e. The van der Waals surface area contributed by atoms with Crippen LogP contribution in [0.3, 0.4) is 0 Å². The molecule has 0 radical (unpaired) electrons. The Hall–Kier alpha value is -2.09. The number of carbonyl (C=O) groups excluding carboxylic acids is 1. The van der Waals surface area contributed by atoms with E-state index in [0.717, 1.165) is 24.9 Å². The second-order valence-electron chi connectivity index (χ2n) is 7.03. The highest BCUT2D eigenvalue weighted by atomic mass is 35.5. The van der Waals surface area contributed by atoms with Crippen molar-refractivity contribution in [3.63, 3.8) is 0 Å². The molecule has 1 aromatic carbocycles. The number of anilines is 2. The topological polar surface area (TPSA) is 102 Å². The largest absolute Gasteiger partial charge is 0.365 e. The molecule has 2 aromatic rings. The first-order valence-electron chi connectivity index (χ1n) is 8.68. The van der Waals surface area contributed by atoms with Gasteiger partial charge in [0.15, 0.2) is 5.82 Å². The van der Waals surface area contributed by atoms with Gasteiger partial charge in [-0.2, -0.15) is 5.10 Å². The summed E-state index contributed by atoms with van der Waals surface area (Å²) in [5.74, 6) is -0.0926. The second kappa shape index (κ2) is 7.65. The van der Waals surface area contributed by atoms with Gasteiger partial charge in [0.1, 0.15) is 5.56 Å². The second-order valence-corrected chi connectivity index (χ2v) is 7.47. The fraction of sp³-hybridized carbons (Fsp3) is 0.444. The van der Waals surface area contributed by atoms with Crippen LogP contribution < -0.4 is 16.8 Å². The molecule has 7 nitrogen and oxygen atoms in total. The molecule has 1 saturated carbocycles. The summed E-state index contributed by atoms with van der Waals surface area (Å²) in [7, 11) is 4.15. The molecule has 3 rings (SSSR count). The fourth-order valence-electron chi connectivity index (χ4n) is 3.47. The first kappa shape index (κ1) is 18.7. The molecule has 1 heterocycles. The lowest BCUT2D eigenvalue weighted by molar-refractivity contribution is 0.100. The molecule has 1 aliphatic carbocycles. The maximum Gasteiger partial charge on any atom is 0.254 e. The Kier molecular flexibility index (Phi) is 5.50. The van der Waals surface area contributed by atoms with Crippen molar-refractivity contribution in [1.82, 2.24) is 14.7 Å². The van der Waals surface area contributed by atoms with Gasteiger partial charge in [0, 0.05) is 29.0 Å². The van der Waals surface area contributed by atoms with Crippen LogP contribution in [0, 0.1) is 0 Å². The highest BCUT2D eigenvalue weighted by Crippen LogP contribution is 2.31. The number of amides is 1. The Bertz CT molecular complexity index is 772. The van der Waals surface area contributed by atoms with Crippen molar-refractivity contribution in [3.8, 4) is 0 Å². The van der Waals surface area contributed by atoms with Gasteiger partial charge in [-0.05, 0) is 57.6 Å². The number of nitrogens with one attached hydrogen (secondary N) is 1. The number of primary amides is 1. The zero-order valence-electron chi connectivity index (χ0n) is 15.0. The van der Waals surface area contributed by atoms with Crippen molar-refractivity contribution in [2.75, 3.05) is 19.4 Å². The third kappa shape index (κ3) is 4.00. The average Bonchev–Trinajstić information content (AvgIpc) is 3.00. The predicted molar refractivity (Wildman–Crippen MR) is 104 cm³/mol. The van der Waals surface area contributed by atoms with Gasteiger partial charge >= 0.3 is 0 Å². The molecule has 1 amide bonds. The van der Waals surface area contributed by atoms with Crippen molar-refractivity contribution >= 4 is 29.0 Å².